The summed E-state index contributed by atoms with van der Waals surface area (Å²) in [6.07, 6.45) is 5.75. The first-order valence-corrected chi connectivity index (χ1v) is 34.9. The highest BCUT2D eigenvalue weighted by Gasteiger charge is 2.34. The van der Waals surface area contributed by atoms with Gasteiger partial charge in [-0.05, 0) is 67.6 Å². The van der Waals surface area contributed by atoms with Gasteiger partial charge in [0.2, 0.25) is 0 Å². The van der Waals surface area contributed by atoms with E-state index in [1.807, 2.05) is 26.8 Å². The van der Waals surface area contributed by atoms with Crippen molar-refractivity contribution in [1.82, 2.24) is 0 Å². The molecule has 0 aliphatic carbocycles. The van der Waals surface area contributed by atoms with E-state index < -0.39 is 24.2 Å². The molecule has 0 N–H and O–H groups in total. The zero-order chi connectivity index (χ0) is 49.3. The SMILES string of the molecule is C=Cc1c(C)c2c(c(OCC[Si](C)(C)C)c1CC=O)C(=O)OC2.CCCc1c(Br)c(C)c2c(c1OCC[Si](C)(C)C)C(=O)OC2.Cc1cc(CC=O)c(OCC[Si](C)(C)C)c2c1COC2=O. The van der Waals surface area contributed by atoms with Crippen LogP contribution in [0.15, 0.2) is 17.1 Å². The van der Waals surface area contributed by atoms with Gasteiger partial charge in [0.1, 0.15) is 66.3 Å². The molecule has 0 bridgehead atoms. The second-order valence-electron chi connectivity index (χ2n) is 20.7. The van der Waals surface area contributed by atoms with Crippen LogP contribution in [0.5, 0.6) is 17.2 Å². The maximum atomic E-state index is 12.2. The summed E-state index contributed by atoms with van der Waals surface area (Å²) in [5.41, 5.74) is 10.9. The van der Waals surface area contributed by atoms with Crippen LogP contribution in [0, 0.1) is 20.8 Å². The summed E-state index contributed by atoms with van der Waals surface area (Å²) in [6.45, 7) is 35.2. The van der Waals surface area contributed by atoms with Gasteiger partial charge in [-0.25, -0.2) is 14.4 Å². The van der Waals surface area contributed by atoms with Gasteiger partial charge in [-0.1, -0.05) is 107 Å². The van der Waals surface area contributed by atoms with Crippen LogP contribution in [-0.4, -0.2) is 74.5 Å². The summed E-state index contributed by atoms with van der Waals surface area (Å²) in [7, 11) is -3.63. The van der Waals surface area contributed by atoms with Crippen LogP contribution in [0.25, 0.3) is 6.08 Å². The molecule has 15 heteroatoms. The minimum Gasteiger partial charge on any atom is -0.493 e. The first-order valence-electron chi connectivity index (χ1n) is 23.0. The molecular weight excluding hydrogens is 953 g/mol. The summed E-state index contributed by atoms with van der Waals surface area (Å²) < 4.78 is 34.7. The Balaban J connectivity index is 0.000000217. The zero-order valence-electron chi connectivity index (χ0n) is 41.6. The third-order valence-electron chi connectivity index (χ3n) is 11.8. The first-order chi connectivity index (χ1) is 30.9. The smallest absolute Gasteiger partial charge is 0.342 e. The Morgan fingerprint density at radius 1 is 0.621 bits per heavy atom. The number of hydrogen-bond acceptors (Lipinski definition) is 11. The van der Waals surface area contributed by atoms with Gasteiger partial charge in [-0.3, -0.25) is 0 Å². The maximum absolute atomic E-state index is 12.2. The predicted octanol–water partition coefficient (Wildman–Crippen LogP) is 12.0. The Morgan fingerprint density at radius 3 is 1.45 bits per heavy atom. The maximum Gasteiger partial charge on any atom is 0.342 e. The molecule has 0 fully saturated rings. The Labute approximate surface area is 403 Å². The molecule has 6 rings (SSSR count). The highest BCUT2D eigenvalue weighted by Crippen LogP contribution is 2.42. The number of ether oxygens (including phenoxy) is 6. The quantitative estimate of drug-likeness (QED) is 0.0490. The molecule has 3 aliphatic rings. The molecule has 0 saturated carbocycles. The van der Waals surface area contributed by atoms with Crippen LogP contribution in [0.2, 0.25) is 77.1 Å². The number of fused-ring (bicyclic) bond motifs is 3. The molecular formula is C51H71BrO11Si3. The molecule has 3 aliphatic heterocycles. The van der Waals surface area contributed by atoms with Gasteiger partial charge < -0.3 is 38.0 Å². The van der Waals surface area contributed by atoms with Crippen molar-refractivity contribution in [3.8, 4) is 17.2 Å². The number of cyclic esters (lactones) is 3. The topological polar surface area (TPSA) is 141 Å². The van der Waals surface area contributed by atoms with E-state index in [2.05, 4.69) is 88.4 Å². The standard InChI is InChI=1S/C18H24O4Si.C17H25BrO3Si.C16H22O4Si/c1-6-13-12(2)15-11-22-18(20)16(15)17(14(13)7-8-19)21-9-10-23(3,4)5;1-6-7-12-15(18)11(2)13-10-21-17(19)14(13)16(12)20-8-9-22(3,4)5;1-11-9-12(5-6-17)15(19-7-8-21(2,3)4)14-13(11)10-20-16(14)18/h6,8H,1,7,9-11H2,2-5H3;6-10H2,1-5H3;6,9H,5,7-8,10H2,1-4H3. The van der Waals surface area contributed by atoms with Crippen LogP contribution in [0.4, 0.5) is 0 Å². The lowest BCUT2D eigenvalue weighted by atomic mass is 9.91. The summed E-state index contributed by atoms with van der Waals surface area (Å²) in [6, 6.07) is 4.99. The third-order valence-corrected chi connectivity index (χ3v) is 18.0. The fraction of sp³-hybridized carbons (Fsp3) is 0.510. The van der Waals surface area contributed by atoms with Crippen molar-refractivity contribution in [2.45, 2.75) is 150 Å². The monoisotopic (exact) mass is 1020 g/mol. The van der Waals surface area contributed by atoms with E-state index in [9.17, 15) is 24.0 Å². The molecule has 66 heavy (non-hydrogen) atoms. The summed E-state index contributed by atoms with van der Waals surface area (Å²) in [5, 5.41) is 0. The number of hydrogen-bond donors (Lipinski definition) is 0. The second kappa shape index (κ2) is 23.1. The molecule has 0 unspecified atom stereocenters. The lowest BCUT2D eigenvalue weighted by Crippen LogP contribution is -2.23. The number of rotatable bonds is 19. The van der Waals surface area contributed by atoms with Gasteiger partial charge in [0, 0.05) is 74.9 Å². The minimum absolute atomic E-state index is 0.199. The van der Waals surface area contributed by atoms with Gasteiger partial charge >= 0.3 is 17.9 Å². The molecule has 3 heterocycles. The Hall–Kier alpha value is -4.32. The lowest BCUT2D eigenvalue weighted by molar-refractivity contribution is -0.108. The van der Waals surface area contributed by atoms with Gasteiger partial charge in [-0.2, -0.15) is 0 Å². The number of carbonyl (C=O) groups excluding carboxylic acids is 5. The zero-order valence-corrected chi connectivity index (χ0v) is 46.2. The fourth-order valence-corrected chi connectivity index (χ4v) is 10.6. The molecule has 3 aromatic carbocycles. The molecule has 0 amide bonds. The van der Waals surface area contributed by atoms with Crippen LogP contribution in [-0.2, 0) is 62.9 Å². The molecule has 0 atom stereocenters. The van der Waals surface area contributed by atoms with Crippen molar-refractivity contribution >= 4 is 76.7 Å². The molecule has 3 aromatic rings. The number of esters is 3. The van der Waals surface area contributed by atoms with Crippen molar-refractivity contribution in [3.05, 3.63) is 89.4 Å². The average Bonchev–Trinajstić information content (AvgIpc) is 3.93. The number of benzene rings is 3. The molecule has 360 valence electrons. The number of aldehydes is 2. The van der Waals surface area contributed by atoms with E-state index in [-0.39, 0.29) is 37.4 Å². The van der Waals surface area contributed by atoms with Gasteiger partial charge in [0.15, 0.2) is 0 Å². The van der Waals surface area contributed by atoms with E-state index in [1.165, 1.54) is 0 Å². The van der Waals surface area contributed by atoms with E-state index in [0.29, 0.717) is 61.2 Å². The van der Waals surface area contributed by atoms with E-state index >= 15 is 0 Å². The Kier molecular flexibility index (Phi) is 19.0. The fourth-order valence-electron chi connectivity index (χ4n) is 7.79. The molecule has 11 nitrogen and oxygen atoms in total. The van der Waals surface area contributed by atoms with Crippen molar-refractivity contribution in [2.75, 3.05) is 19.8 Å². The second-order valence-corrected chi connectivity index (χ2v) is 38.4. The van der Waals surface area contributed by atoms with Crippen molar-refractivity contribution in [2.24, 2.45) is 0 Å². The molecule has 0 spiro atoms. The third kappa shape index (κ3) is 13.7. The van der Waals surface area contributed by atoms with Crippen molar-refractivity contribution in [3.63, 3.8) is 0 Å². The largest absolute Gasteiger partial charge is 0.493 e. The van der Waals surface area contributed by atoms with Gasteiger partial charge in [0.05, 0.1) is 19.8 Å². The van der Waals surface area contributed by atoms with Crippen LogP contribution >= 0.6 is 15.9 Å². The minimum atomic E-state index is -1.25. The molecule has 0 radical (unpaired) electrons. The number of halogens is 1. The van der Waals surface area contributed by atoms with Crippen LogP contribution in [0.1, 0.15) is 100 Å². The summed E-state index contributed by atoms with van der Waals surface area (Å²) in [4.78, 5) is 58.3. The Morgan fingerprint density at radius 2 is 1.03 bits per heavy atom. The van der Waals surface area contributed by atoms with Crippen LogP contribution < -0.4 is 14.2 Å². The van der Waals surface area contributed by atoms with E-state index in [1.54, 1.807) is 6.08 Å². The van der Waals surface area contributed by atoms with Gasteiger partial charge in [-0.15, -0.1) is 0 Å². The molecule has 0 saturated heterocycles. The molecule has 0 aromatic heterocycles. The Bertz CT molecular complexity index is 2340. The van der Waals surface area contributed by atoms with Crippen molar-refractivity contribution in [1.29, 1.82) is 0 Å². The summed E-state index contributed by atoms with van der Waals surface area (Å²) in [5.74, 6) is 0.843. The van der Waals surface area contributed by atoms with E-state index in [4.69, 9.17) is 28.4 Å². The normalized spacial score (nSPS) is 13.8. The highest BCUT2D eigenvalue weighted by molar-refractivity contribution is 9.10. The first kappa shape index (κ1) is 54.3. The lowest BCUT2D eigenvalue weighted by Gasteiger charge is -2.20. The average molecular weight is 1020 g/mol. The van der Waals surface area contributed by atoms with Crippen molar-refractivity contribution < 1.29 is 52.4 Å². The van der Waals surface area contributed by atoms with Gasteiger partial charge in [0.25, 0.3) is 0 Å². The van der Waals surface area contributed by atoms with Crippen LogP contribution in [0.3, 0.4) is 0 Å². The van der Waals surface area contributed by atoms with E-state index in [0.717, 1.165) is 109 Å². The highest BCUT2D eigenvalue weighted by atomic mass is 79.9. The summed E-state index contributed by atoms with van der Waals surface area (Å²) >= 11 is 3.70. The number of carbonyl (C=O) groups is 5. The number of aryl methyl sites for hydroxylation is 1. The predicted molar refractivity (Wildman–Crippen MR) is 273 cm³/mol.